The number of nitrogens with two attached hydrogens (primary N) is 1. The van der Waals surface area contributed by atoms with E-state index in [2.05, 4.69) is 41.1 Å². The third-order valence-corrected chi connectivity index (χ3v) is 7.28. The first-order chi connectivity index (χ1) is 17.5. The van der Waals surface area contributed by atoms with Gasteiger partial charge in [-0.15, -0.1) is 0 Å². The molecule has 2 N–H and O–H groups in total. The highest BCUT2D eigenvalue weighted by atomic mass is 19.1. The van der Waals surface area contributed by atoms with Crippen LogP contribution < -0.4 is 15.5 Å². The van der Waals surface area contributed by atoms with Crippen LogP contribution in [0.25, 0.3) is 28.2 Å². The van der Waals surface area contributed by atoms with E-state index in [-0.39, 0.29) is 11.6 Å². The fourth-order valence-electron chi connectivity index (χ4n) is 5.14. The highest BCUT2D eigenvalue weighted by molar-refractivity contribution is 5.90. The number of nitriles is 1. The number of piperidine rings is 1. The van der Waals surface area contributed by atoms with E-state index in [1.54, 1.807) is 12.3 Å². The predicted octanol–water partition coefficient (Wildman–Crippen LogP) is 4.62. The van der Waals surface area contributed by atoms with Crippen molar-refractivity contribution in [2.24, 2.45) is 5.73 Å². The van der Waals surface area contributed by atoms with Crippen LogP contribution in [0.1, 0.15) is 31.2 Å². The third-order valence-electron chi connectivity index (χ3n) is 7.28. The molecule has 1 aliphatic carbocycles. The van der Waals surface area contributed by atoms with Gasteiger partial charge in [0.2, 0.25) is 0 Å². The number of pyridine rings is 1. The number of hydrogen-bond acceptors (Lipinski definition) is 6. The number of nitrogens with zero attached hydrogens (tertiary/aromatic N) is 6. The Morgan fingerprint density at radius 2 is 1.92 bits per heavy atom. The third kappa shape index (κ3) is 3.95. The number of rotatable bonds is 5. The van der Waals surface area contributed by atoms with Gasteiger partial charge in [0.15, 0.2) is 5.65 Å². The molecule has 182 valence electrons. The van der Waals surface area contributed by atoms with Crippen molar-refractivity contribution in [1.82, 2.24) is 14.5 Å². The van der Waals surface area contributed by atoms with Crippen molar-refractivity contribution in [3.8, 4) is 23.1 Å². The molecule has 1 saturated heterocycles. The molecule has 0 spiro atoms. The molecular weight excluding hydrogens is 453 g/mol. The largest absolute Gasteiger partial charge is 0.372 e. The summed E-state index contributed by atoms with van der Waals surface area (Å²) >= 11 is 0. The van der Waals surface area contributed by atoms with E-state index in [1.165, 1.54) is 25.0 Å². The fourth-order valence-corrected chi connectivity index (χ4v) is 5.14. The van der Waals surface area contributed by atoms with Crippen LogP contribution in [0.5, 0.6) is 0 Å². The summed E-state index contributed by atoms with van der Waals surface area (Å²) in [7, 11) is 2.13. The second kappa shape index (κ2) is 8.92. The Bertz CT molecular complexity index is 1470. The van der Waals surface area contributed by atoms with Gasteiger partial charge in [0.05, 0.1) is 11.3 Å². The van der Waals surface area contributed by atoms with Crippen molar-refractivity contribution in [2.45, 2.75) is 37.8 Å². The number of aromatic nitrogens is 3. The maximum Gasteiger partial charge on any atom is 0.167 e. The summed E-state index contributed by atoms with van der Waals surface area (Å²) in [4.78, 5) is 14.3. The molecule has 3 heterocycles. The summed E-state index contributed by atoms with van der Waals surface area (Å²) in [5, 5.41) is 9.20. The molecule has 0 radical (unpaired) electrons. The Balaban J connectivity index is 1.52. The number of hydrogen-bond donors (Lipinski definition) is 1. The number of fused-ring (bicyclic) bond motifs is 1. The topological polar surface area (TPSA) is 87.0 Å². The first kappa shape index (κ1) is 22.5. The standard InChI is InChI=1S/C28H28FN7/c1-34(21-6-7-21)22-8-10-23(11-9-22)36-27(18-4-5-19(16-30)24(29)15-18)33-26-25(12-13-32-28(26)36)35-14-2-3-20(31)17-35/h4-5,8-13,15,20-21H,2-3,6-7,14,17,31H2,1H3. The molecule has 7 nitrogen and oxygen atoms in total. The first-order valence-electron chi connectivity index (χ1n) is 12.4. The molecule has 0 amide bonds. The van der Waals surface area contributed by atoms with Crippen LogP contribution in [0, 0.1) is 17.1 Å². The van der Waals surface area contributed by atoms with Crippen LogP contribution in [0.2, 0.25) is 0 Å². The van der Waals surface area contributed by atoms with Gasteiger partial charge in [-0.05, 0) is 74.2 Å². The van der Waals surface area contributed by atoms with Crippen molar-refractivity contribution in [2.75, 3.05) is 29.9 Å². The SMILES string of the molecule is CN(c1ccc(-n2c(-c3ccc(C#N)c(F)c3)nc3c(N4CCCC(N)C4)ccnc32)cc1)C1CC1. The number of anilines is 2. The molecule has 1 atom stereocenters. The Hall–Kier alpha value is -3.96. The highest BCUT2D eigenvalue weighted by Gasteiger charge is 2.27. The van der Waals surface area contributed by atoms with Gasteiger partial charge in [0.25, 0.3) is 0 Å². The van der Waals surface area contributed by atoms with Gasteiger partial charge in [0.1, 0.15) is 23.2 Å². The molecule has 6 rings (SSSR count). The van der Waals surface area contributed by atoms with Gasteiger partial charge in [0, 0.05) is 55.4 Å². The molecule has 1 aliphatic heterocycles. The highest BCUT2D eigenvalue weighted by Crippen LogP contribution is 2.35. The lowest BCUT2D eigenvalue weighted by Gasteiger charge is -2.32. The summed E-state index contributed by atoms with van der Waals surface area (Å²) in [6.45, 7) is 1.66. The molecule has 4 aromatic rings. The lowest BCUT2D eigenvalue weighted by Crippen LogP contribution is -2.42. The van der Waals surface area contributed by atoms with Crippen LogP contribution in [0.3, 0.4) is 0 Å². The van der Waals surface area contributed by atoms with Gasteiger partial charge in [-0.1, -0.05) is 0 Å². The van der Waals surface area contributed by atoms with E-state index in [0.29, 0.717) is 23.1 Å². The minimum atomic E-state index is -0.565. The van der Waals surface area contributed by atoms with Crippen molar-refractivity contribution in [3.05, 3.63) is 66.1 Å². The zero-order valence-corrected chi connectivity index (χ0v) is 20.2. The summed E-state index contributed by atoms with van der Waals surface area (Å²) in [5.74, 6) is 0.0168. The molecule has 2 aliphatic rings. The zero-order chi connectivity index (χ0) is 24.8. The second-order valence-corrected chi connectivity index (χ2v) is 9.79. The molecule has 1 saturated carbocycles. The Morgan fingerprint density at radius 1 is 1.11 bits per heavy atom. The van der Waals surface area contributed by atoms with E-state index in [1.807, 2.05) is 16.7 Å². The van der Waals surface area contributed by atoms with E-state index >= 15 is 0 Å². The maximum atomic E-state index is 14.7. The average molecular weight is 482 g/mol. The first-order valence-corrected chi connectivity index (χ1v) is 12.4. The Morgan fingerprint density at radius 3 is 2.61 bits per heavy atom. The lowest BCUT2D eigenvalue weighted by molar-refractivity contribution is 0.507. The van der Waals surface area contributed by atoms with Crippen LogP contribution >= 0.6 is 0 Å². The van der Waals surface area contributed by atoms with Crippen molar-refractivity contribution < 1.29 is 4.39 Å². The predicted molar refractivity (Wildman–Crippen MR) is 140 cm³/mol. The number of imidazole rings is 1. The number of benzene rings is 2. The molecule has 1 unspecified atom stereocenters. The lowest BCUT2D eigenvalue weighted by atomic mass is 10.1. The Kier molecular flexibility index (Phi) is 5.57. The van der Waals surface area contributed by atoms with E-state index in [0.717, 1.165) is 48.5 Å². The smallest absolute Gasteiger partial charge is 0.167 e. The molecule has 2 aromatic heterocycles. The molecule has 36 heavy (non-hydrogen) atoms. The monoisotopic (exact) mass is 481 g/mol. The molecular formula is C28H28FN7. The van der Waals surface area contributed by atoms with Crippen LogP contribution in [-0.4, -0.2) is 46.8 Å². The van der Waals surface area contributed by atoms with E-state index < -0.39 is 5.82 Å². The molecule has 0 bridgehead atoms. The fraction of sp³-hybridized carbons (Fsp3) is 0.321. The van der Waals surface area contributed by atoms with Crippen LogP contribution in [0.4, 0.5) is 15.8 Å². The summed E-state index contributed by atoms with van der Waals surface area (Å²) in [5.41, 5.74) is 11.4. The summed E-state index contributed by atoms with van der Waals surface area (Å²) in [6, 6.07) is 17.6. The zero-order valence-electron chi connectivity index (χ0n) is 20.2. The minimum absolute atomic E-state index is 0.00926. The Labute approximate surface area is 209 Å². The normalized spacial score (nSPS) is 17.8. The minimum Gasteiger partial charge on any atom is -0.372 e. The van der Waals surface area contributed by atoms with Crippen molar-refractivity contribution in [3.63, 3.8) is 0 Å². The van der Waals surface area contributed by atoms with Crippen molar-refractivity contribution in [1.29, 1.82) is 5.26 Å². The van der Waals surface area contributed by atoms with Crippen LogP contribution in [-0.2, 0) is 0 Å². The van der Waals surface area contributed by atoms with Gasteiger partial charge in [-0.25, -0.2) is 14.4 Å². The molecule has 2 aromatic carbocycles. The van der Waals surface area contributed by atoms with Gasteiger partial charge in [-0.3, -0.25) is 4.57 Å². The summed E-state index contributed by atoms with van der Waals surface area (Å²) < 4.78 is 16.6. The van der Waals surface area contributed by atoms with Gasteiger partial charge in [-0.2, -0.15) is 5.26 Å². The summed E-state index contributed by atoms with van der Waals surface area (Å²) in [6.07, 6.45) is 6.29. The van der Waals surface area contributed by atoms with Crippen molar-refractivity contribution >= 4 is 22.5 Å². The number of halogens is 1. The maximum absolute atomic E-state index is 14.7. The van der Waals surface area contributed by atoms with E-state index in [9.17, 15) is 9.65 Å². The quantitative estimate of drug-likeness (QED) is 0.447. The second-order valence-electron chi connectivity index (χ2n) is 9.79. The van der Waals surface area contributed by atoms with Gasteiger partial charge < -0.3 is 15.5 Å². The average Bonchev–Trinajstić information content (AvgIpc) is 3.68. The molecule has 2 fully saturated rings. The molecule has 8 heteroatoms. The van der Waals surface area contributed by atoms with E-state index in [4.69, 9.17) is 15.7 Å². The van der Waals surface area contributed by atoms with Gasteiger partial charge >= 0.3 is 0 Å². The van der Waals surface area contributed by atoms with Crippen LogP contribution in [0.15, 0.2) is 54.7 Å².